The molecule has 0 aliphatic heterocycles. The van der Waals surface area contributed by atoms with Gasteiger partial charge in [0.05, 0.1) is 0 Å². The third kappa shape index (κ3) is 4.98. The van der Waals surface area contributed by atoms with Gasteiger partial charge in [-0.3, -0.25) is 4.79 Å². The summed E-state index contributed by atoms with van der Waals surface area (Å²) in [6, 6.07) is -0.842. The summed E-state index contributed by atoms with van der Waals surface area (Å²) < 4.78 is 0. The van der Waals surface area contributed by atoms with Crippen molar-refractivity contribution in [1.29, 1.82) is 0 Å². The normalized spacial score (nSPS) is 13.5. The molecule has 0 bridgehead atoms. The van der Waals surface area contributed by atoms with E-state index in [2.05, 4.69) is 13.2 Å². The van der Waals surface area contributed by atoms with E-state index in [4.69, 9.17) is 10.8 Å². The summed E-state index contributed by atoms with van der Waals surface area (Å²) in [6.07, 6.45) is 6.09. The van der Waals surface area contributed by atoms with E-state index in [1.165, 1.54) is 0 Å². The second-order valence-electron chi connectivity index (χ2n) is 2.70. The fourth-order valence-electron chi connectivity index (χ4n) is 0.941. The summed E-state index contributed by atoms with van der Waals surface area (Å²) in [7, 11) is 0. The number of nitrogens with two attached hydrogens (primary N) is 1. The molecule has 0 saturated carbocycles. The molecule has 0 fully saturated rings. The predicted molar refractivity (Wildman–Crippen MR) is 53.3 cm³/mol. The van der Waals surface area contributed by atoms with Gasteiger partial charge < -0.3 is 10.8 Å². The minimum atomic E-state index is -0.987. The molecule has 0 aromatic heterocycles. The van der Waals surface area contributed by atoms with Crippen LogP contribution in [0.1, 0.15) is 12.8 Å². The molecule has 72 valence electrons. The van der Waals surface area contributed by atoms with Gasteiger partial charge in [-0.1, -0.05) is 30.4 Å². The maximum absolute atomic E-state index is 10.4. The smallest absolute Gasteiger partial charge is 0.320 e. The summed E-state index contributed by atoms with van der Waals surface area (Å²) in [5.41, 5.74) is 6.30. The van der Waals surface area contributed by atoms with Crippen molar-refractivity contribution >= 4 is 5.97 Å². The quantitative estimate of drug-likeness (QED) is 0.482. The zero-order chi connectivity index (χ0) is 10.3. The Labute approximate surface area is 78.3 Å². The molecular formula is C10H15NO2. The highest BCUT2D eigenvalue weighted by Crippen LogP contribution is 2.09. The van der Waals surface area contributed by atoms with Crippen LogP contribution in [0.3, 0.4) is 0 Å². The van der Waals surface area contributed by atoms with E-state index in [0.717, 1.165) is 5.57 Å². The summed E-state index contributed by atoms with van der Waals surface area (Å²) in [5, 5.41) is 8.56. The molecular weight excluding hydrogens is 166 g/mol. The number of aliphatic carboxylic acids is 1. The van der Waals surface area contributed by atoms with Gasteiger partial charge in [0.15, 0.2) is 0 Å². The zero-order valence-electron chi connectivity index (χ0n) is 7.57. The van der Waals surface area contributed by atoms with Gasteiger partial charge in [0, 0.05) is 0 Å². The minimum Gasteiger partial charge on any atom is -0.480 e. The largest absolute Gasteiger partial charge is 0.480 e. The van der Waals surface area contributed by atoms with Crippen LogP contribution < -0.4 is 5.73 Å². The van der Waals surface area contributed by atoms with Crippen molar-refractivity contribution < 1.29 is 9.90 Å². The first kappa shape index (κ1) is 11.6. The number of carbonyl (C=O) groups is 1. The molecule has 13 heavy (non-hydrogen) atoms. The molecule has 0 aliphatic carbocycles. The Morgan fingerprint density at radius 2 is 2.15 bits per heavy atom. The molecule has 0 aromatic carbocycles. The van der Waals surface area contributed by atoms with Crippen LogP contribution in [0.15, 0.2) is 37.0 Å². The van der Waals surface area contributed by atoms with Crippen LogP contribution in [-0.4, -0.2) is 17.1 Å². The van der Waals surface area contributed by atoms with Crippen molar-refractivity contribution in [2.24, 2.45) is 5.73 Å². The Morgan fingerprint density at radius 1 is 1.54 bits per heavy atom. The molecule has 3 N–H and O–H groups in total. The fourth-order valence-corrected chi connectivity index (χ4v) is 0.941. The van der Waals surface area contributed by atoms with Crippen LogP contribution in [0.4, 0.5) is 0 Å². The third-order valence-electron chi connectivity index (χ3n) is 1.56. The first-order chi connectivity index (χ1) is 6.11. The van der Waals surface area contributed by atoms with E-state index < -0.39 is 12.0 Å². The molecule has 0 aliphatic rings. The van der Waals surface area contributed by atoms with Crippen molar-refractivity contribution in [3.05, 3.63) is 37.0 Å². The highest BCUT2D eigenvalue weighted by atomic mass is 16.4. The molecule has 0 aromatic rings. The topological polar surface area (TPSA) is 63.3 Å². The minimum absolute atomic E-state index is 0.341. The molecule has 0 radical (unpaired) electrons. The highest BCUT2D eigenvalue weighted by Gasteiger charge is 2.12. The standard InChI is InChI=1S/C10H15NO2/c1-3-5-8(6-4-2)7-9(11)10(12)13/h3-5,9H,1-2,6-7,11H2,(H,12,13)/b8-5+. The van der Waals surface area contributed by atoms with Crippen LogP contribution >= 0.6 is 0 Å². The molecule has 0 saturated heterocycles. The second-order valence-corrected chi connectivity index (χ2v) is 2.70. The van der Waals surface area contributed by atoms with E-state index in [0.29, 0.717) is 12.8 Å². The van der Waals surface area contributed by atoms with Gasteiger partial charge in [-0.05, 0) is 12.8 Å². The Morgan fingerprint density at radius 3 is 2.54 bits per heavy atom. The summed E-state index contributed by atoms with van der Waals surface area (Å²) in [4.78, 5) is 10.4. The van der Waals surface area contributed by atoms with E-state index in [-0.39, 0.29) is 0 Å². The Balaban J connectivity index is 4.25. The fraction of sp³-hybridized carbons (Fsp3) is 0.300. The van der Waals surface area contributed by atoms with E-state index >= 15 is 0 Å². The lowest BCUT2D eigenvalue weighted by atomic mass is 10.0. The molecule has 3 nitrogen and oxygen atoms in total. The van der Waals surface area contributed by atoms with Crippen molar-refractivity contribution in [3.63, 3.8) is 0 Å². The highest BCUT2D eigenvalue weighted by molar-refractivity contribution is 5.73. The van der Waals surface area contributed by atoms with Gasteiger partial charge in [-0.25, -0.2) is 0 Å². The number of carboxylic acid groups (broad SMARTS) is 1. The third-order valence-corrected chi connectivity index (χ3v) is 1.56. The molecule has 0 heterocycles. The Bertz CT molecular complexity index is 231. The van der Waals surface area contributed by atoms with Gasteiger partial charge in [0.1, 0.15) is 6.04 Å². The first-order valence-corrected chi connectivity index (χ1v) is 4.01. The van der Waals surface area contributed by atoms with Gasteiger partial charge in [-0.15, -0.1) is 6.58 Å². The number of carboxylic acids is 1. The molecule has 3 heteroatoms. The monoisotopic (exact) mass is 181 g/mol. The summed E-state index contributed by atoms with van der Waals surface area (Å²) >= 11 is 0. The van der Waals surface area contributed by atoms with Gasteiger partial charge >= 0.3 is 5.97 Å². The van der Waals surface area contributed by atoms with Gasteiger partial charge in [0.2, 0.25) is 0 Å². The molecule has 1 atom stereocenters. The number of allylic oxidation sites excluding steroid dienone is 3. The van der Waals surface area contributed by atoms with Crippen LogP contribution in [-0.2, 0) is 4.79 Å². The molecule has 0 rings (SSSR count). The molecule has 1 unspecified atom stereocenters. The lowest BCUT2D eigenvalue weighted by Crippen LogP contribution is -2.30. The summed E-state index contributed by atoms with van der Waals surface area (Å²) in [5.74, 6) is -0.987. The van der Waals surface area contributed by atoms with Crippen molar-refractivity contribution in [2.75, 3.05) is 0 Å². The summed E-state index contributed by atoms with van der Waals surface area (Å²) in [6.45, 7) is 7.11. The SMILES string of the molecule is C=C/C=C(\CC=C)CC(N)C(=O)O. The average Bonchev–Trinajstić information content (AvgIpc) is 2.05. The van der Waals surface area contributed by atoms with Crippen LogP contribution in [0.25, 0.3) is 0 Å². The van der Waals surface area contributed by atoms with Crippen LogP contribution in [0.5, 0.6) is 0 Å². The molecule has 0 spiro atoms. The maximum Gasteiger partial charge on any atom is 0.320 e. The van der Waals surface area contributed by atoms with Gasteiger partial charge in [-0.2, -0.15) is 0 Å². The average molecular weight is 181 g/mol. The number of hydrogen-bond donors (Lipinski definition) is 2. The maximum atomic E-state index is 10.4. The first-order valence-electron chi connectivity index (χ1n) is 4.01. The Hall–Kier alpha value is -1.35. The lowest BCUT2D eigenvalue weighted by molar-refractivity contribution is -0.138. The van der Waals surface area contributed by atoms with E-state index in [1.54, 1.807) is 18.2 Å². The predicted octanol–water partition coefficient (Wildman–Crippen LogP) is 1.48. The van der Waals surface area contributed by atoms with Crippen molar-refractivity contribution in [1.82, 2.24) is 0 Å². The van der Waals surface area contributed by atoms with Crippen molar-refractivity contribution in [3.8, 4) is 0 Å². The van der Waals surface area contributed by atoms with E-state index in [9.17, 15) is 4.79 Å². The van der Waals surface area contributed by atoms with Crippen LogP contribution in [0.2, 0.25) is 0 Å². The van der Waals surface area contributed by atoms with E-state index in [1.807, 2.05) is 0 Å². The Kier molecular flexibility index (Phi) is 5.55. The zero-order valence-corrected chi connectivity index (χ0v) is 7.57. The van der Waals surface area contributed by atoms with Crippen LogP contribution in [0, 0.1) is 0 Å². The lowest BCUT2D eigenvalue weighted by Gasteiger charge is -2.07. The molecule has 0 amide bonds. The van der Waals surface area contributed by atoms with Crippen molar-refractivity contribution in [2.45, 2.75) is 18.9 Å². The number of rotatable bonds is 6. The van der Waals surface area contributed by atoms with Gasteiger partial charge in [0.25, 0.3) is 0 Å². The number of hydrogen-bond acceptors (Lipinski definition) is 2. The second kappa shape index (κ2) is 6.20.